The van der Waals surface area contributed by atoms with Crippen molar-refractivity contribution in [1.29, 1.82) is 0 Å². The fourth-order valence-corrected chi connectivity index (χ4v) is 6.82. The average Bonchev–Trinajstić information content (AvgIpc) is 2.58. The lowest BCUT2D eigenvalue weighted by Crippen LogP contribution is -2.56. The Hall–Kier alpha value is -1.17. The smallest absolute Gasteiger partial charge is 0.352 e. The van der Waals surface area contributed by atoms with Crippen LogP contribution in [0, 0.1) is 23.2 Å². The van der Waals surface area contributed by atoms with Crippen molar-refractivity contribution in [3.05, 3.63) is 29.8 Å². The molecular formula is C21H26F3NOS. The summed E-state index contributed by atoms with van der Waals surface area (Å²) in [5, 5.41) is 3.17. The van der Waals surface area contributed by atoms with Gasteiger partial charge in [-0.05, 0) is 86.8 Å². The Morgan fingerprint density at radius 1 is 1.19 bits per heavy atom. The molecule has 4 aliphatic rings. The third-order valence-electron chi connectivity index (χ3n) is 6.91. The molecule has 0 saturated heterocycles. The van der Waals surface area contributed by atoms with Crippen LogP contribution in [0.1, 0.15) is 51.0 Å². The Balaban J connectivity index is 1.33. The first-order valence-electron chi connectivity index (χ1n) is 9.83. The summed E-state index contributed by atoms with van der Waals surface area (Å²) in [7, 11) is 0. The van der Waals surface area contributed by atoms with Crippen LogP contribution in [0.5, 0.6) is 0 Å². The summed E-state index contributed by atoms with van der Waals surface area (Å²) in [6, 6.07) is 5.32. The Kier molecular flexibility index (Phi) is 4.98. The minimum absolute atomic E-state index is 0.0827. The van der Waals surface area contributed by atoms with Crippen molar-refractivity contribution >= 4 is 17.7 Å². The van der Waals surface area contributed by atoms with E-state index in [1.165, 1.54) is 56.4 Å². The first kappa shape index (κ1) is 19.2. The number of thioether (sulfide) groups is 1. The summed E-state index contributed by atoms with van der Waals surface area (Å²) >= 11 is 1.17. The van der Waals surface area contributed by atoms with Gasteiger partial charge in [0.1, 0.15) is 0 Å². The fraction of sp³-hybridized carbons (Fsp3) is 0.667. The van der Waals surface area contributed by atoms with Crippen molar-refractivity contribution in [2.24, 2.45) is 23.2 Å². The van der Waals surface area contributed by atoms with Gasteiger partial charge in [-0.1, -0.05) is 6.07 Å². The first-order valence-corrected chi connectivity index (χ1v) is 10.8. The highest BCUT2D eigenvalue weighted by Gasteiger charge is 2.53. The highest BCUT2D eigenvalue weighted by molar-refractivity contribution is 8.00. The SMILES string of the molecule is C[C@H](NC(=O)CSc1cccc(C(F)(F)F)c1)C12CC3CC(CC(C3)C1)C2. The number of benzene rings is 1. The van der Waals surface area contributed by atoms with Gasteiger partial charge in [-0.2, -0.15) is 13.2 Å². The molecule has 0 spiro atoms. The number of amides is 1. The zero-order chi connectivity index (χ0) is 19.2. The quantitative estimate of drug-likeness (QED) is 0.663. The lowest BCUT2D eigenvalue weighted by Gasteiger charge is -2.59. The molecule has 6 heteroatoms. The van der Waals surface area contributed by atoms with E-state index in [0.717, 1.165) is 29.9 Å². The number of hydrogen-bond acceptors (Lipinski definition) is 2. The zero-order valence-electron chi connectivity index (χ0n) is 15.5. The number of halogens is 3. The van der Waals surface area contributed by atoms with Crippen molar-refractivity contribution in [3.8, 4) is 0 Å². The van der Waals surface area contributed by atoms with Gasteiger partial charge in [-0.25, -0.2) is 0 Å². The van der Waals surface area contributed by atoms with E-state index in [1.807, 2.05) is 0 Å². The lowest BCUT2D eigenvalue weighted by atomic mass is 9.48. The molecule has 0 aliphatic heterocycles. The van der Waals surface area contributed by atoms with Crippen LogP contribution in [0.3, 0.4) is 0 Å². The second kappa shape index (κ2) is 7.02. The van der Waals surface area contributed by atoms with Gasteiger partial charge >= 0.3 is 6.18 Å². The molecule has 4 bridgehead atoms. The van der Waals surface area contributed by atoms with E-state index in [2.05, 4.69) is 12.2 Å². The van der Waals surface area contributed by atoms with Crippen LogP contribution < -0.4 is 5.32 Å². The van der Waals surface area contributed by atoms with E-state index < -0.39 is 11.7 Å². The largest absolute Gasteiger partial charge is 0.416 e. The minimum atomic E-state index is -4.36. The molecule has 1 amide bonds. The maximum atomic E-state index is 12.8. The predicted octanol–water partition coefficient (Wildman–Crippen LogP) is 5.52. The molecule has 0 aromatic heterocycles. The number of rotatable bonds is 5. The van der Waals surface area contributed by atoms with Crippen LogP contribution in [-0.2, 0) is 11.0 Å². The topological polar surface area (TPSA) is 29.1 Å². The maximum Gasteiger partial charge on any atom is 0.416 e. The second-order valence-electron chi connectivity index (χ2n) is 8.88. The van der Waals surface area contributed by atoms with Gasteiger partial charge in [-0.15, -0.1) is 11.8 Å². The summed E-state index contributed by atoms with van der Waals surface area (Å²) in [5.74, 6) is 2.55. The lowest BCUT2D eigenvalue weighted by molar-refractivity contribution is -0.137. The van der Waals surface area contributed by atoms with Crippen molar-refractivity contribution in [3.63, 3.8) is 0 Å². The van der Waals surface area contributed by atoms with Gasteiger partial charge < -0.3 is 5.32 Å². The van der Waals surface area contributed by atoms with Crippen LogP contribution in [0.25, 0.3) is 0 Å². The molecule has 4 fully saturated rings. The Bertz CT molecular complexity index is 682. The van der Waals surface area contributed by atoms with E-state index in [0.29, 0.717) is 4.90 Å². The minimum Gasteiger partial charge on any atom is -0.352 e. The molecule has 1 N–H and O–H groups in total. The summed E-state index contributed by atoms with van der Waals surface area (Å²) in [6.07, 6.45) is 3.41. The van der Waals surface area contributed by atoms with E-state index in [4.69, 9.17) is 0 Å². The molecular weight excluding hydrogens is 371 g/mol. The van der Waals surface area contributed by atoms with Gasteiger partial charge in [0.2, 0.25) is 5.91 Å². The number of alkyl halides is 3. The molecule has 4 saturated carbocycles. The van der Waals surface area contributed by atoms with Crippen LogP contribution in [0.2, 0.25) is 0 Å². The second-order valence-corrected chi connectivity index (χ2v) is 9.93. The fourth-order valence-electron chi connectivity index (χ4n) is 6.06. The third-order valence-corrected chi connectivity index (χ3v) is 7.91. The van der Waals surface area contributed by atoms with Gasteiger partial charge in [0.25, 0.3) is 0 Å². The Morgan fingerprint density at radius 2 is 1.78 bits per heavy atom. The highest BCUT2D eigenvalue weighted by atomic mass is 32.2. The Labute approximate surface area is 162 Å². The first-order chi connectivity index (χ1) is 12.7. The molecule has 1 aromatic carbocycles. The average molecular weight is 398 g/mol. The number of hydrogen-bond donors (Lipinski definition) is 1. The number of nitrogens with one attached hydrogen (secondary N) is 1. The molecule has 4 aliphatic carbocycles. The van der Waals surface area contributed by atoms with E-state index in [1.54, 1.807) is 6.07 Å². The molecule has 0 radical (unpaired) electrons. The molecule has 148 valence electrons. The van der Waals surface area contributed by atoms with E-state index in [-0.39, 0.29) is 23.1 Å². The normalized spacial score (nSPS) is 33.1. The molecule has 2 nitrogen and oxygen atoms in total. The summed E-state index contributed by atoms with van der Waals surface area (Å²) < 4.78 is 38.4. The number of carbonyl (C=O) groups is 1. The molecule has 5 rings (SSSR count). The van der Waals surface area contributed by atoms with Crippen LogP contribution in [0.4, 0.5) is 13.2 Å². The van der Waals surface area contributed by atoms with Crippen LogP contribution >= 0.6 is 11.8 Å². The third kappa shape index (κ3) is 4.01. The van der Waals surface area contributed by atoms with Crippen molar-refractivity contribution < 1.29 is 18.0 Å². The molecule has 27 heavy (non-hydrogen) atoms. The molecule has 0 unspecified atom stereocenters. The van der Waals surface area contributed by atoms with E-state index in [9.17, 15) is 18.0 Å². The van der Waals surface area contributed by atoms with Gasteiger partial charge in [-0.3, -0.25) is 4.79 Å². The standard InChI is InChI=1S/C21H26F3NOS/c1-13(20-9-14-5-15(10-20)7-16(6-14)11-20)25-19(26)12-27-18-4-2-3-17(8-18)21(22,23)24/h2-4,8,13-16H,5-7,9-12H2,1H3,(H,25,26)/t13-,14?,15?,16?,20?/m0/s1. The summed E-state index contributed by atoms with van der Waals surface area (Å²) in [4.78, 5) is 12.9. The van der Waals surface area contributed by atoms with Crippen LogP contribution in [0.15, 0.2) is 29.2 Å². The summed E-state index contributed by atoms with van der Waals surface area (Å²) in [5.41, 5.74) is -0.430. The monoisotopic (exact) mass is 397 g/mol. The molecule has 0 heterocycles. The van der Waals surface area contributed by atoms with Crippen molar-refractivity contribution in [2.75, 3.05) is 5.75 Å². The van der Waals surface area contributed by atoms with Gasteiger partial charge in [0.05, 0.1) is 11.3 Å². The molecule has 1 atom stereocenters. The van der Waals surface area contributed by atoms with Crippen molar-refractivity contribution in [2.45, 2.75) is 62.6 Å². The molecule has 1 aromatic rings. The van der Waals surface area contributed by atoms with E-state index >= 15 is 0 Å². The number of carbonyl (C=O) groups excluding carboxylic acids is 1. The van der Waals surface area contributed by atoms with Crippen molar-refractivity contribution in [1.82, 2.24) is 5.32 Å². The van der Waals surface area contributed by atoms with Crippen LogP contribution in [-0.4, -0.2) is 17.7 Å². The predicted molar refractivity (Wildman–Crippen MR) is 100 cm³/mol. The highest BCUT2D eigenvalue weighted by Crippen LogP contribution is 2.61. The van der Waals surface area contributed by atoms with Gasteiger partial charge in [0, 0.05) is 10.9 Å². The zero-order valence-corrected chi connectivity index (χ0v) is 16.3. The Morgan fingerprint density at radius 3 is 2.33 bits per heavy atom. The summed E-state index contributed by atoms with van der Waals surface area (Å²) in [6.45, 7) is 2.12. The maximum absolute atomic E-state index is 12.8. The van der Waals surface area contributed by atoms with Gasteiger partial charge in [0.15, 0.2) is 0 Å².